The van der Waals surface area contributed by atoms with Crippen LogP contribution in [0, 0.1) is 0 Å². The normalized spacial score (nSPS) is 11.6. The SMILES string of the molecule is CC(C)(CO)NCCc1ccccn1. The summed E-state index contributed by atoms with van der Waals surface area (Å²) in [6, 6.07) is 5.90. The molecule has 3 nitrogen and oxygen atoms in total. The fourth-order valence-electron chi connectivity index (χ4n) is 1.13. The summed E-state index contributed by atoms with van der Waals surface area (Å²) in [7, 11) is 0. The highest BCUT2D eigenvalue weighted by atomic mass is 16.3. The molecule has 0 aromatic carbocycles. The van der Waals surface area contributed by atoms with E-state index >= 15 is 0 Å². The van der Waals surface area contributed by atoms with Gasteiger partial charge in [-0.25, -0.2) is 0 Å². The van der Waals surface area contributed by atoms with E-state index in [0.29, 0.717) is 0 Å². The Morgan fingerprint density at radius 3 is 2.79 bits per heavy atom. The number of nitrogens with one attached hydrogen (secondary N) is 1. The zero-order chi connectivity index (χ0) is 10.4. The molecule has 0 fully saturated rings. The van der Waals surface area contributed by atoms with Crippen LogP contribution in [0.3, 0.4) is 0 Å². The monoisotopic (exact) mass is 194 g/mol. The number of hydrogen-bond donors (Lipinski definition) is 2. The fraction of sp³-hybridized carbons (Fsp3) is 0.545. The van der Waals surface area contributed by atoms with Gasteiger partial charge in [-0.15, -0.1) is 0 Å². The number of nitrogens with zero attached hydrogens (tertiary/aromatic N) is 1. The summed E-state index contributed by atoms with van der Waals surface area (Å²) in [6.45, 7) is 4.94. The first-order valence-corrected chi connectivity index (χ1v) is 4.90. The number of aromatic nitrogens is 1. The van der Waals surface area contributed by atoms with Crippen LogP contribution in [0.4, 0.5) is 0 Å². The van der Waals surface area contributed by atoms with Crippen LogP contribution in [0.5, 0.6) is 0 Å². The Hall–Kier alpha value is -0.930. The molecule has 1 aromatic rings. The minimum absolute atomic E-state index is 0.148. The van der Waals surface area contributed by atoms with Crippen molar-refractivity contribution in [3.63, 3.8) is 0 Å². The molecule has 1 rings (SSSR count). The van der Waals surface area contributed by atoms with Gasteiger partial charge in [-0.2, -0.15) is 0 Å². The number of aliphatic hydroxyl groups is 1. The molecule has 0 aliphatic rings. The molecule has 0 amide bonds. The lowest BCUT2D eigenvalue weighted by Crippen LogP contribution is -2.43. The van der Waals surface area contributed by atoms with Crippen molar-refractivity contribution in [1.82, 2.24) is 10.3 Å². The number of rotatable bonds is 5. The Kier molecular flexibility index (Phi) is 4.04. The van der Waals surface area contributed by atoms with Crippen LogP contribution in [0.2, 0.25) is 0 Å². The number of hydrogen-bond acceptors (Lipinski definition) is 3. The highest BCUT2D eigenvalue weighted by Crippen LogP contribution is 2.00. The van der Waals surface area contributed by atoms with Gasteiger partial charge in [0, 0.05) is 30.4 Å². The molecule has 1 heterocycles. The summed E-state index contributed by atoms with van der Waals surface area (Å²) >= 11 is 0. The molecule has 0 aliphatic carbocycles. The average Bonchev–Trinajstić information content (AvgIpc) is 2.19. The Morgan fingerprint density at radius 2 is 2.21 bits per heavy atom. The highest BCUT2D eigenvalue weighted by Gasteiger charge is 2.14. The second kappa shape index (κ2) is 5.08. The van der Waals surface area contributed by atoms with Crippen molar-refractivity contribution < 1.29 is 5.11 Å². The Morgan fingerprint density at radius 1 is 1.43 bits per heavy atom. The standard InChI is InChI=1S/C11H18N2O/c1-11(2,9-14)13-8-6-10-5-3-4-7-12-10/h3-5,7,13-14H,6,8-9H2,1-2H3. The minimum atomic E-state index is -0.200. The van der Waals surface area contributed by atoms with Crippen LogP contribution in [-0.2, 0) is 6.42 Å². The van der Waals surface area contributed by atoms with Gasteiger partial charge in [-0.05, 0) is 26.0 Å². The third kappa shape index (κ3) is 3.85. The Labute approximate surface area is 85.2 Å². The second-order valence-electron chi connectivity index (χ2n) is 4.04. The molecule has 0 radical (unpaired) electrons. The van der Waals surface area contributed by atoms with Gasteiger partial charge in [0.1, 0.15) is 0 Å². The van der Waals surface area contributed by atoms with E-state index in [-0.39, 0.29) is 12.1 Å². The molecular formula is C11H18N2O. The maximum atomic E-state index is 9.01. The Balaban J connectivity index is 2.29. The summed E-state index contributed by atoms with van der Waals surface area (Å²) in [5.41, 5.74) is 0.878. The van der Waals surface area contributed by atoms with Crippen LogP contribution in [0.25, 0.3) is 0 Å². The van der Waals surface area contributed by atoms with E-state index in [1.54, 1.807) is 6.20 Å². The molecule has 1 aromatic heterocycles. The second-order valence-corrected chi connectivity index (χ2v) is 4.04. The summed E-state index contributed by atoms with van der Waals surface area (Å²) in [5.74, 6) is 0. The third-order valence-corrected chi connectivity index (χ3v) is 2.11. The zero-order valence-corrected chi connectivity index (χ0v) is 8.83. The van der Waals surface area contributed by atoms with Gasteiger partial charge < -0.3 is 10.4 Å². The van der Waals surface area contributed by atoms with Gasteiger partial charge in [-0.1, -0.05) is 6.07 Å². The Bertz CT molecular complexity index is 259. The van der Waals surface area contributed by atoms with Crippen LogP contribution in [0.1, 0.15) is 19.5 Å². The van der Waals surface area contributed by atoms with E-state index in [2.05, 4.69) is 10.3 Å². The molecule has 2 N–H and O–H groups in total. The third-order valence-electron chi connectivity index (χ3n) is 2.11. The van der Waals surface area contributed by atoms with Crippen LogP contribution in [-0.4, -0.2) is 28.8 Å². The molecule has 0 saturated heterocycles. The van der Waals surface area contributed by atoms with E-state index in [1.165, 1.54) is 0 Å². The van der Waals surface area contributed by atoms with Gasteiger partial charge in [0.2, 0.25) is 0 Å². The van der Waals surface area contributed by atoms with Crippen molar-refractivity contribution in [2.45, 2.75) is 25.8 Å². The average molecular weight is 194 g/mol. The van der Waals surface area contributed by atoms with Crippen molar-refractivity contribution in [1.29, 1.82) is 0 Å². The van der Waals surface area contributed by atoms with E-state index in [1.807, 2.05) is 32.0 Å². The van der Waals surface area contributed by atoms with E-state index in [9.17, 15) is 0 Å². The molecule has 0 saturated carbocycles. The molecular weight excluding hydrogens is 176 g/mol. The molecule has 0 aliphatic heterocycles. The summed E-state index contributed by atoms with van der Waals surface area (Å²) in [4.78, 5) is 4.22. The molecule has 14 heavy (non-hydrogen) atoms. The first kappa shape index (κ1) is 11.1. The minimum Gasteiger partial charge on any atom is -0.394 e. The van der Waals surface area contributed by atoms with Crippen molar-refractivity contribution in [3.8, 4) is 0 Å². The molecule has 3 heteroatoms. The predicted octanol–water partition coefficient (Wildman–Crippen LogP) is 0.985. The first-order chi connectivity index (χ1) is 6.64. The van der Waals surface area contributed by atoms with Gasteiger partial charge in [-0.3, -0.25) is 4.98 Å². The highest BCUT2D eigenvalue weighted by molar-refractivity contribution is 5.03. The molecule has 0 atom stereocenters. The zero-order valence-electron chi connectivity index (χ0n) is 8.83. The van der Waals surface area contributed by atoms with E-state index < -0.39 is 0 Å². The molecule has 0 bridgehead atoms. The quantitative estimate of drug-likeness (QED) is 0.734. The van der Waals surface area contributed by atoms with Gasteiger partial charge in [0.15, 0.2) is 0 Å². The summed E-state index contributed by atoms with van der Waals surface area (Å²) in [5, 5.41) is 12.3. The number of aliphatic hydroxyl groups excluding tert-OH is 1. The summed E-state index contributed by atoms with van der Waals surface area (Å²) < 4.78 is 0. The topological polar surface area (TPSA) is 45.1 Å². The lowest BCUT2D eigenvalue weighted by Gasteiger charge is -2.23. The molecule has 0 unspecified atom stereocenters. The molecule has 0 spiro atoms. The lowest BCUT2D eigenvalue weighted by molar-refractivity contribution is 0.189. The van der Waals surface area contributed by atoms with Gasteiger partial charge in [0.05, 0.1) is 6.61 Å². The van der Waals surface area contributed by atoms with Crippen molar-refractivity contribution in [2.24, 2.45) is 0 Å². The van der Waals surface area contributed by atoms with Gasteiger partial charge in [0.25, 0.3) is 0 Å². The maximum absolute atomic E-state index is 9.01. The van der Waals surface area contributed by atoms with Crippen molar-refractivity contribution in [2.75, 3.05) is 13.2 Å². The van der Waals surface area contributed by atoms with Crippen LogP contribution in [0.15, 0.2) is 24.4 Å². The van der Waals surface area contributed by atoms with E-state index in [0.717, 1.165) is 18.7 Å². The smallest absolute Gasteiger partial charge is 0.0607 e. The van der Waals surface area contributed by atoms with Crippen molar-refractivity contribution in [3.05, 3.63) is 30.1 Å². The number of pyridine rings is 1. The van der Waals surface area contributed by atoms with Crippen molar-refractivity contribution >= 4 is 0 Å². The van der Waals surface area contributed by atoms with Crippen LogP contribution >= 0.6 is 0 Å². The fourth-order valence-corrected chi connectivity index (χ4v) is 1.13. The van der Waals surface area contributed by atoms with Crippen LogP contribution < -0.4 is 5.32 Å². The van der Waals surface area contributed by atoms with Gasteiger partial charge >= 0.3 is 0 Å². The van der Waals surface area contributed by atoms with E-state index in [4.69, 9.17) is 5.11 Å². The lowest BCUT2D eigenvalue weighted by atomic mass is 10.1. The largest absolute Gasteiger partial charge is 0.394 e. The molecule has 78 valence electrons. The summed E-state index contributed by atoms with van der Waals surface area (Å²) in [6.07, 6.45) is 2.69. The predicted molar refractivity (Wildman–Crippen MR) is 57.1 cm³/mol. The first-order valence-electron chi connectivity index (χ1n) is 4.90. The maximum Gasteiger partial charge on any atom is 0.0607 e.